The molecule has 0 saturated carbocycles. The van der Waals surface area contributed by atoms with Gasteiger partial charge in [0.05, 0.1) is 12.8 Å². The molecule has 0 spiro atoms. The number of carbonyl (C=O) groups excluding carboxylic acids is 1. The van der Waals surface area contributed by atoms with Crippen molar-refractivity contribution in [1.29, 1.82) is 0 Å². The van der Waals surface area contributed by atoms with Crippen LogP contribution in [0.2, 0.25) is 5.02 Å². The summed E-state index contributed by atoms with van der Waals surface area (Å²) in [6.07, 6.45) is 0. The average Bonchev–Trinajstić information content (AvgIpc) is 2.75. The lowest BCUT2D eigenvalue weighted by molar-refractivity contribution is -0.114. The van der Waals surface area contributed by atoms with Gasteiger partial charge >= 0.3 is 0 Å². The lowest BCUT2D eigenvalue weighted by Gasteiger charge is -2.25. The average molecular weight is 459 g/mol. The van der Waals surface area contributed by atoms with E-state index in [1.807, 2.05) is 0 Å². The van der Waals surface area contributed by atoms with E-state index in [0.29, 0.717) is 22.0 Å². The zero-order chi connectivity index (χ0) is 22.6. The molecule has 0 aliphatic carbocycles. The van der Waals surface area contributed by atoms with Crippen LogP contribution in [0.15, 0.2) is 71.6 Å². The van der Waals surface area contributed by atoms with E-state index in [1.54, 1.807) is 74.5 Å². The van der Waals surface area contributed by atoms with Crippen molar-refractivity contribution in [2.24, 2.45) is 0 Å². The minimum atomic E-state index is -4.10. The van der Waals surface area contributed by atoms with Gasteiger partial charge in [0.25, 0.3) is 10.0 Å². The quantitative estimate of drug-likeness (QED) is 0.551. The van der Waals surface area contributed by atoms with E-state index in [9.17, 15) is 13.2 Å². The Morgan fingerprint density at radius 2 is 1.74 bits per heavy atom. The minimum absolute atomic E-state index is 0.00871. The van der Waals surface area contributed by atoms with E-state index in [-0.39, 0.29) is 10.6 Å². The first-order chi connectivity index (χ1) is 14.7. The van der Waals surface area contributed by atoms with Crippen molar-refractivity contribution in [2.75, 3.05) is 23.3 Å². The van der Waals surface area contributed by atoms with E-state index in [1.165, 1.54) is 13.2 Å². The molecule has 0 unspecified atom stereocenters. The van der Waals surface area contributed by atoms with Crippen LogP contribution in [0.25, 0.3) is 0 Å². The highest BCUT2D eigenvalue weighted by Gasteiger charge is 2.30. The zero-order valence-electron chi connectivity index (χ0n) is 17.4. The van der Waals surface area contributed by atoms with E-state index in [4.69, 9.17) is 16.3 Å². The molecule has 0 aliphatic heterocycles. The van der Waals surface area contributed by atoms with Crippen LogP contribution in [0.4, 0.5) is 11.4 Å². The summed E-state index contributed by atoms with van der Waals surface area (Å²) < 4.78 is 33.6. The number of para-hydroxylation sites is 1. The number of rotatable bonds is 7. The van der Waals surface area contributed by atoms with Gasteiger partial charge in [-0.3, -0.25) is 9.10 Å². The fraction of sp³-hybridized carbons (Fsp3) is 0.174. The molecule has 0 aliphatic rings. The fourth-order valence-corrected chi connectivity index (χ4v) is 4.92. The molecule has 0 heterocycles. The van der Waals surface area contributed by atoms with Gasteiger partial charge in [-0.2, -0.15) is 0 Å². The third kappa shape index (κ3) is 5.00. The molecule has 3 rings (SSSR count). The van der Waals surface area contributed by atoms with Crippen LogP contribution in [-0.4, -0.2) is 28.0 Å². The number of nitrogens with zero attached hydrogens (tertiary/aromatic N) is 1. The molecule has 1 N–H and O–H groups in total. The smallest absolute Gasteiger partial charge is 0.268 e. The van der Waals surface area contributed by atoms with Gasteiger partial charge in [0.1, 0.15) is 17.2 Å². The molecular weight excluding hydrogens is 436 g/mol. The molecule has 1 amide bonds. The molecule has 0 fully saturated rings. The second-order valence-corrected chi connectivity index (χ2v) is 9.20. The Kier molecular flexibility index (Phi) is 6.87. The Bertz CT molecular complexity index is 1200. The number of methoxy groups -OCH3 is 1. The fourth-order valence-electron chi connectivity index (χ4n) is 3.08. The van der Waals surface area contributed by atoms with Gasteiger partial charge in [0, 0.05) is 10.7 Å². The van der Waals surface area contributed by atoms with Crippen LogP contribution in [-0.2, 0) is 14.8 Å². The molecule has 0 radical (unpaired) electrons. The molecule has 3 aromatic rings. The number of benzene rings is 3. The van der Waals surface area contributed by atoms with Crippen molar-refractivity contribution in [3.63, 3.8) is 0 Å². The lowest BCUT2D eigenvalue weighted by atomic mass is 10.2. The van der Waals surface area contributed by atoms with Crippen LogP contribution in [0.1, 0.15) is 11.1 Å². The number of sulfonamides is 1. The first kappa shape index (κ1) is 22.7. The van der Waals surface area contributed by atoms with Crippen molar-refractivity contribution in [1.82, 2.24) is 0 Å². The van der Waals surface area contributed by atoms with Crippen LogP contribution in [0.3, 0.4) is 0 Å². The summed E-state index contributed by atoms with van der Waals surface area (Å²) in [4.78, 5) is 12.9. The number of ether oxygens (including phenoxy) is 1. The highest BCUT2D eigenvalue weighted by atomic mass is 35.5. The normalized spacial score (nSPS) is 11.1. The van der Waals surface area contributed by atoms with E-state index >= 15 is 0 Å². The van der Waals surface area contributed by atoms with Gasteiger partial charge in [-0.1, -0.05) is 41.9 Å². The first-order valence-electron chi connectivity index (χ1n) is 9.51. The van der Waals surface area contributed by atoms with Gasteiger partial charge in [-0.05, 0) is 61.4 Å². The van der Waals surface area contributed by atoms with Crippen molar-refractivity contribution in [3.8, 4) is 5.75 Å². The number of carbonyl (C=O) groups is 1. The van der Waals surface area contributed by atoms with Gasteiger partial charge in [0.2, 0.25) is 5.91 Å². The maximum atomic E-state index is 13.6. The molecule has 31 heavy (non-hydrogen) atoms. The molecule has 8 heteroatoms. The van der Waals surface area contributed by atoms with E-state index in [0.717, 1.165) is 9.87 Å². The van der Waals surface area contributed by atoms with Crippen molar-refractivity contribution < 1.29 is 17.9 Å². The predicted octanol–water partition coefficient (Wildman–Crippen LogP) is 4.80. The van der Waals surface area contributed by atoms with Crippen LogP contribution in [0, 0.1) is 13.8 Å². The first-order valence-corrected chi connectivity index (χ1v) is 11.3. The lowest BCUT2D eigenvalue weighted by Crippen LogP contribution is -2.38. The van der Waals surface area contributed by atoms with Gasteiger partial charge < -0.3 is 10.1 Å². The van der Waals surface area contributed by atoms with Crippen molar-refractivity contribution >= 4 is 38.9 Å². The molecule has 0 aromatic heterocycles. The molecule has 0 saturated heterocycles. The summed E-state index contributed by atoms with van der Waals surface area (Å²) in [5.41, 5.74) is 2.35. The number of anilines is 2. The molecule has 3 aromatic carbocycles. The largest absolute Gasteiger partial charge is 0.495 e. The topological polar surface area (TPSA) is 75.7 Å². The summed E-state index contributed by atoms with van der Waals surface area (Å²) in [5.74, 6) is -0.290. The summed E-state index contributed by atoms with van der Waals surface area (Å²) >= 11 is 6.13. The summed E-state index contributed by atoms with van der Waals surface area (Å²) in [7, 11) is -2.70. The summed E-state index contributed by atoms with van der Waals surface area (Å²) in [6, 6.07) is 18.5. The second kappa shape index (κ2) is 9.41. The summed E-state index contributed by atoms with van der Waals surface area (Å²) in [6.45, 7) is 3.15. The zero-order valence-corrected chi connectivity index (χ0v) is 19.0. The number of halogens is 1. The Morgan fingerprint density at radius 3 is 2.42 bits per heavy atom. The number of nitrogens with one attached hydrogen (secondary N) is 1. The predicted molar refractivity (Wildman–Crippen MR) is 124 cm³/mol. The Labute approximate surface area is 187 Å². The molecule has 162 valence electrons. The SMILES string of the molecule is COc1ccc(C)cc1S(=O)(=O)N(CC(=O)Nc1cccc(Cl)c1C)c1ccccc1. The molecular formula is C23H23ClN2O4S. The Hall–Kier alpha value is -3.03. The van der Waals surface area contributed by atoms with Crippen molar-refractivity contribution in [3.05, 3.63) is 82.9 Å². The van der Waals surface area contributed by atoms with Gasteiger partial charge in [-0.25, -0.2) is 8.42 Å². The van der Waals surface area contributed by atoms with E-state index < -0.39 is 22.5 Å². The van der Waals surface area contributed by atoms with Crippen LogP contribution >= 0.6 is 11.6 Å². The highest BCUT2D eigenvalue weighted by molar-refractivity contribution is 7.93. The minimum Gasteiger partial charge on any atom is -0.495 e. The van der Waals surface area contributed by atoms with Crippen LogP contribution in [0.5, 0.6) is 5.75 Å². The van der Waals surface area contributed by atoms with Gasteiger partial charge in [-0.15, -0.1) is 0 Å². The third-order valence-corrected chi connectivity index (χ3v) is 6.96. The second-order valence-electron chi connectivity index (χ2n) is 6.96. The van der Waals surface area contributed by atoms with Gasteiger partial charge in [0.15, 0.2) is 0 Å². The monoisotopic (exact) mass is 458 g/mol. The summed E-state index contributed by atoms with van der Waals surface area (Å²) in [5, 5.41) is 3.26. The molecule has 0 bridgehead atoms. The van der Waals surface area contributed by atoms with Crippen molar-refractivity contribution in [2.45, 2.75) is 18.7 Å². The van der Waals surface area contributed by atoms with E-state index in [2.05, 4.69) is 5.32 Å². The maximum absolute atomic E-state index is 13.6. The Morgan fingerprint density at radius 1 is 1.03 bits per heavy atom. The number of amides is 1. The highest BCUT2D eigenvalue weighted by Crippen LogP contribution is 2.31. The standard InChI is InChI=1S/C23H23ClN2O4S/c1-16-12-13-21(30-3)22(14-16)31(28,29)26(18-8-5-4-6-9-18)15-23(27)25-20-11-7-10-19(24)17(20)2/h4-14H,15H2,1-3H3,(H,25,27). The third-order valence-electron chi connectivity index (χ3n) is 4.76. The number of hydrogen-bond acceptors (Lipinski definition) is 4. The molecule has 0 atom stereocenters. The molecule has 6 nitrogen and oxygen atoms in total. The maximum Gasteiger partial charge on any atom is 0.268 e. The number of aryl methyl sites for hydroxylation is 1. The Balaban J connectivity index is 2.01. The van der Waals surface area contributed by atoms with Crippen LogP contribution < -0.4 is 14.4 Å². The number of hydrogen-bond donors (Lipinski definition) is 1.